The van der Waals surface area contributed by atoms with Gasteiger partial charge < -0.3 is 10.6 Å². The molecule has 3 heteroatoms. The first-order valence-electron chi connectivity index (χ1n) is 7.89. The second-order valence-corrected chi connectivity index (χ2v) is 7.13. The van der Waals surface area contributed by atoms with E-state index in [1.54, 1.807) is 0 Å². The number of likely N-dealkylation sites (tertiary alicyclic amines) is 1. The highest BCUT2D eigenvalue weighted by atomic mass is 16.2. The Morgan fingerprint density at radius 1 is 1.38 bits per heavy atom. The zero-order valence-corrected chi connectivity index (χ0v) is 13.8. The number of carbonyl (C=O) groups excluding carboxylic acids is 1. The summed E-state index contributed by atoms with van der Waals surface area (Å²) in [6.07, 6.45) is 2.32. The van der Waals surface area contributed by atoms with Gasteiger partial charge in [-0.2, -0.15) is 0 Å². The number of amides is 1. The maximum absolute atomic E-state index is 12.4. The molecule has 116 valence electrons. The molecule has 1 aromatic rings. The van der Waals surface area contributed by atoms with Gasteiger partial charge in [0.25, 0.3) is 0 Å². The van der Waals surface area contributed by atoms with Crippen LogP contribution in [0.25, 0.3) is 0 Å². The average Bonchev–Trinajstić information content (AvgIpc) is 2.40. The van der Waals surface area contributed by atoms with E-state index >= 15 is 0 Å². The summed E-state index contributed by atoms with van der Waals surface area (Å²) < 4.78 is 0. The Balaban J connectivity index is 1.93. The fourth-order valence-electron chi connectivity index (χ4n) is 3.11. The van der Waals surface area contributed by atoms with Gasteiger partial charge in [0.1, 0.15) is 0 Å². The fourth-order valence-corrected chi connectivity index (χ4v) is 3.11. The zero-order chi connectivity index (χ0) is 15.6. The maximum atomic E-state index is 12.4. The summed E-state index contributed by atoms with van der Waals surface area (Å²) in [5, 5.41) is 0. The van der Waals surface area contributed by atoms with Crippen LogP contribution in [0.1, 0.15) is 43.4 Å². The Hall–Kier alpha value is -1.35. The van der Waals surface area contributed by atoms with E-state index in [1.165, 1.54) is 16.7 Å². The number of rotatable bonds is 3. The Labute approximate surface area is 128 Å². The number of nitrogens with zero attached hydrogens (tertiary/aromatic N) is 1. The molecule has 21 heavy (non-hydrogen) atoms. The third-order valence-electron chi connectivity index (χ3n) is 4.77. The Morgan fingerprint density at radius 3 is 2.71 bits per heavy atom. The topological polar surface area (TPSA) is 46.3 Å². The molecule has 0 aliphatic carbocycles. The van der Waals surface area contributed by atoms with E-state index < -0.39 is 0 Å². The van der Waals surface area contributed by atoms with E-state index in [2.05, 4.69) is 45.9 Å². The summed E-state index contributed by atoms with van der Waals surface area (Å²) in [6, 6.07) is 6.65. The predicted molar refractivity (Wildman–Crippen MR) is 87.2 cm³/mol. The van der Waals surface area contributed by atoms with E-state index in [-0.39, 0.29) is 17.4 Å². The third-order valence-corrected chi connectivity index (χ3v) is 4.77. The highest BCUT2D eigenvalue weighted by Gasteiger charge is 2.34. The minimum absolute atomic E-state index is 0.0215. The molecular formula is C18H28N2O. The Kier molecular flexibility index (Phi) is 4.72. The number of carbonyl (C=O) groups is 1. The molecule has 1 heterocycles. The number of nitrogens with two attached hydrogens (primary N) is 1. The molecule has 2 rings (SSSR count). The minimum atomic E-state index is 0.0215. The monoisotopic (exact) mass is 288 g/mol. The van der Waals surface area contributed by atoms with Crippen molar-refractivity contribution in [1.29, 1.82) is 0 Å². The van der Waals surface area contributed by atoms with Gasteiger partial charge in [-0.3, -0.25) is 4.79 Å². The van der Waals surface area contributed by atoms with Gasteiger partial charge in [0.15, 0.2) is 0 Å². The molecule has 0 bridgehead atoms. The molecule has 1 fully saturated rings. The van der Waals surface area contributed by atoms with Crippen molar-refractivity contribution in [2.24, 2.45) is 11.1 Å². The molecular weight excluding hydrogens is 260 g/mol. The summed E-state index contributed by atoms with van der Waals surface area (Å²) >= 11 is 0. The average molecular weight is 288 g/mol. The van der Waals surface area contributed by atoms with E-state index in [4.69, 9.17) is 5.73 Å². The number of aryl methyl sites for hydroxylation is 3. The van der Waals surface area contributed by atoms with Crippen molar-refractivity contribution in [3.05, 3.63) is 34.9 Å². The largest absolute Gasteiger partial charge is 0.342 e. The van der Waals surface area contributed by atoms with Crippen molar-refractivity contribution in [1.82, 2.24) is 4.90 Å². The van der Waals surface area contributed by atoms with Crippen LogP contribution in [-0.2, 0) is 11.2 Å². The van der Waals surface area contributed by atoms with E-state index in [1.807, 2.05) is 4.90 Å². The molecule has 1 atom stereocenters. The Bertz CT molecular complexity index is 522. The zero-order valence-electron chi connectivity index (χ0n) is 13.8. The number of piperidine rings is 1. The molecule has 0 saturated carbocycles. The van der Waals surface area contributed by atoms with Crippen LogP contribution in [0.4, 0.5) is 0 Å². The smallest absolute Gasteiger partial charge is 0.222 e. The van der Waals surface area contributed by atoms with Crippen molar-refractivity contribution < 1.29 is 4.79 Å². The molecule has 0 spiro atoms. The van der Waals surface area contributed by atoms with Crippen LogP contribution in [0.5, 0.6) is 0 Å². The van der Waals surface area contributed by atoms with Crippen molar-refractivity contribution >= 4 is 5.91 Å². The quantitative estimate of drug-likeness (QED) is 0.929. The van der Waals surface area contributed by atoms with Crippen LogP contribution in [0.15, 0.2) is 18.2 Å². The van der Waals surface area contributed by atoms with Crippen LogP contribution in [0.3, 0.4) is 0 Å². The first-order chi connectivity index (χ1) is 9.79. The highest BCUT2D eigenvalue weighted by Crippen LogP contribution is 2.28. The summed E-state index contributed by atoms with van der Waals surface area (Å²) in [4.78, 5) is 14.4. The normalized spacial score (nSPS) is 21.4. The van der Waals surface area contributed by atoms with E-state index in [0.29, 0.717) is 6.42 Å². The minimum Gasteiger partial charge on any atom is -0.342 e. The van der Waals surface area contributed by atoms with E-state index in [0.717, 1.165) is 25.9 Å². The van der Waals surface area contributed by atoms with Gasteiger partial charge in [-0.1, -0.05) is 37.6 Å². The van der Waals surface area contributed by atoms with Gasteiger partial charge in [0, 0.05) is 25.6 Å². The van der Waals surface area contributed by atoms with Crippen LogP contribution >= 0.6 is 0 Å². The molecule has 3 nitrogen and oxygen atoms in total. The first-order valence-corrected chi connectivity index (χ1v) is 7.89. The molecule has 1 aromatic carbocycles. The van der Waals surface area contributed by atoms with Gasteiger partial charge in [-0.25, -0.2) is 0 Å². The lowest BCUT2D eigenvalue weighted by Crippen LogP contribution is -2.54. The molecule has 1 amide bonds. The van der Waals surface area contributed by atoms with Crippen LogP contribution in [0, 0.1) is 19.3 Å². The lowest BCUT2D eigenvalue weighted by molar-refractivity contribution is -0.134. The number of hydrogen-bond donors (Lipinski definition) is 1. The Morgan fingerprint density at radius 2 is 2.10 bits per heavy atom. The third kappa shape index (κ3) is 3.85. The SMILES string of the molecule is Cc1ccc(CCC(=O)N2CCC(N)C(C)(C)C2)c(C)c1. The summed E-state index contributed by atoms with van der Waals surface area (Å²) in [6.45, 7) is 10.1. The maximum Gasteiger partial charge on any atom is 0.222 e. The molecule has 1 aliphatic rings. The lowest BCUT2D eigenvalue weighted by Gasteiger charge is -2.42. The second-order valence-electron chi connectivity index (χ2n) is 7.13. The lowest BCUT2D eigenvalue weighted by atomic mass is 9.79. The first kappa shape index (κ1) is 16.0. The molecule has 1 unspecified atom stereocenters. The van der Waals surface area contributed by atoms with Crippen molar-refractivity contribution in [2.75, 3.05) is 13.1 Å². The van der Waals surface area contributed by atoms with E-state index in [9.17, 15) is 4.79 Å². The number of hydrogen-bond acceptors (Lipinski definition) is 2. The summed E-state index contributed by atoms with van der Waals surface area (Å²) in [5.41, 5.74) is 9.99. The van der Waals surface area contributed by atoms with Gasteiger partial charge in [0.05, 0.1) is 0 Å². The van der Waals surface area contributed by atoms with Gasteiger partial charge in [-0.05, 0) is 43.2 Å². The summed E-state index contributed by atoms with van der Waals surface area (Å²) in [5.74, 6) is 0.259. The standard InChI is InChI=1S/C18H28N2O/c1-13-5-6-15(14(2)11-13)7-8-17(21)20-10-9-16(19)18(3,4)12-20/h5-6,11,16H,7-10,12,19H2,1-4H3. The summed E-state index contributed by atoms with van der Waals surface area (Å²) in [7, 11) is 0. The van der Waals surface area contributed by atoms with Crippen LogP contribution in [0.2, 0.25) is 0 Å². The highest BCUT2D eigenvalue weighted by molar-refractivity contribution is 5.76. The van der Waals surface area contributed by atoms with Crippen molar-refractivity contribution in [3.63, 3.8) is 0 Å². The van der Waals surface area contributed by atoms with Gasteiger partial charge >= 0.3 is 0 Å². The molecule has 1 aliphatic heterocycles. The molecule has 0 aromatic heterocycles. The van der Waals surface area contributed by atoms with Crippen LogP contribution in [-0.4, -0.2) is 29.9 Å². The van der Waals surface area contributed by atoms with Crippen molar-refractivity contribution in [2.45, 2.75) is 53.0 Å². The van der Waals surface area contributed by atoms with Crippen molar-refractivity contribution in [3.8, 4) is 0 Å². The van der Waals surface area contributed by atoms with Crippen LogP contribution < -0.4 is 5.73 Å². The number of benzene rings is 1. The molecule has 1 saturated heterocycles. The molecule has 2 N–H and O–H groups in total. The van der Waals surface area contributed by atoms with Gasteiger partial charge in [-0.15, -0.1) is 0 Å². The molecule has 0 radical (unpaired) electrons. The predicted octanol–water partition coefficient (Wildman–Crippen LogP) is 2.82. The fraction of sp³-hybridized carbons (Fsp3) is 0.611. The van der Waals surface area contributed by atoms with Gasteiger partial charge in [0.2, 0.25) is 5.91 Å². The second kappa shape index (κ2) is 6.18.